The Morgan fingerprint density at radius 2 is 2.16 bits per heavy atom. The number of hydrogen-bond acceptors (Lipinski definition) is 7. The highest BCUT2D eigenvalue weighted by Gasteiger charge is 2.35. The van der Waals surface area contributed by atoms with Crippen molar-refractivity contribution in [3.05, 3.63) is 65.0 Å². The predicted molar refractivity (Wildman–Crippen MR) is 96.5 cm³/mol. The Morgan fingerprint density at radius 3 is 2.88 bits per heavy atom. The minimum absolute atomic E-state index is 0.0922. The number of hydrazone groups is 1. The Hall–Kier alpha value is -2.45. The van der Waals surface area contributed by atoms with Gasteiger partial charge in [-0.3, -0.25) is 4.79 Å². The van der Waals surface area contributed by atoms with Gasteiger partial charge in [0.2, 0.25) is 0 Å². The van der Waals surface area contributed by atoms with Crippen LogP contribution < -0.4 is 0 Å². The fourth-order valence-electron chi connectivity index (χ4n) is 2.59. The molecule has 8 heteroatoms. The molecule has 1 atom stereocenters. The maximum absolute atomic E-state index is 12.7. The lowest BCUT2D eigenvalue weighted by atomic mass is 10.1. The first-order valence-corrected chi connectivity index (χ1v) is 9.54. The first-order valence-electron chi connectivity index (χ1n) is 7.68. The zero-order valence-electron chi connectivity index (χ0n) is 13.1. The van der Waals surface area contributed by atoms with Crippen LogP contribution in [0.15, 0.2) is 69.0 Å². The summed E-state index contributed by atoms with van der Waals surface area (Å²) in [6.07, 6.45) is 5.59. The standard InChI is InChI=1S/C17H14N4O2S2/c22-16(11-25-17-18-6-3-7-19-17)21-13(14-4-1-8-23-14)10-12(20-21)15-5-2-9-24-15/h1-9,13H,10-11H2/t13-/m1/s1. The van der Waals surface area contributed by atoms with Crippen molar-refractivity contribution in [1.82, 2.24) is 15.0 Å². The molecule has 1 amide bonds. The van der Waals surface area contributed by atoms with Gasteiger partial charge in [0.05, 0.1) is 22.6 Å². The fraction of sp³-hybridized carbons (Fsp3) is 0.176. The summed E-state index contributed by atoms with van der Waals surface area (Å²) in [4.78, 5) is 22.1. The lowest BCUT2D eigenvalue weighted by Gasteiger charge is -2.19. The summed E-state index contributed by atoms with van der Waals surface area (Å²) in [6.45, 7) is 0. The maximum atomic E-state index is 12.7. The highest BCUT2D eigenvalue weighted by molar-refractivity contribution is 7.99. The van der Waals surface area contributed by atoms with E-state index in [1.165, 1.54) is 16.8 Å². The number of hydrogen-bond donors (Lipinski definition) is 0. The van der Waals surface area contributed by atoms with Gasteiger partial charge in [-0.05, 0) is 29.6 Å². The molecule has 1 aliphatic rings. The summed E-state index contributed by atoms with van der Waals surface area (Å²) in [6, 6.07) is 9.24. The number of rotatable bonds is 5. The van der Waals surface area contributed by atoms with Crippen molar-refractivity contribution in [2.45, 2.75) is 17.6 Å². The molecule has 4 rings (SSSR count). The number of aromatic nitrogens is 2. The van der Waals surface area contributed by atoms with Crippen LogP contribution in [-0.4, -0.2) is 32.3 Å². The van der Waals surface area contributed by atoms with Crippen LogP contribution in [0.5, 0.6) is 0 Å². The van der Waals surface area contributed by atoms with E-state index >= 15 is 0 Å². The molecule has 0 unspecified atom stereocenters. The summed E-state index contributed by atoms with van der Waals surface area (Å²) in [7, 11) is 0. The van der Waals surface area contributed by atoms with Gasteiger partial charge < -0.3 is 4.42 Å². The Labute approximate surface area is 152 Å². The first kappa shape index (κ1) is 16.0. The quantitative estimate of drug-likeness (QED) is 0.507. The van der Waals surface area contributed by atoms with E-state index in [1.807, 2.05) is 29.6 Å². The molecular weight excluding hydrogens is 356 g/mol. The Kier molecular flexibility index (Phi) is 4.62. The smallest absolute Gasteiger partial charge is 0.253 e. The minimum Gasteiger partial charge on any atom is -0.467 e. The molecule has 0 spiro atoms. The van der Waals surface area contributed by atoms with Gasteiger partial charge in [0.25, 0.3) is 5.91 Å². The minimum atomic E-state index is -0.211. The zero-order chi connectivity index (χ0) is 17.1. The summed E-state index contributed by atoms with van der Waals surface area (Å²) >= 11 is 2.92. The van der Waals surface area contributed by atoms with E-state index < -0.39 is 0 Å². The molecular formula is C17H14N4O2S2. The summed E-state index contributed by atoms with van der Waals surface area (Å²) in [5.74, 6) is 0.873. The van der Waals surface area contributed by atoms with E-state index in [0.29, 0.717) is 11.6 Å². The number of furan rings is 1. The third kappa shape index (κ3) is 3.49. The van der Waals surface area contributed by atoms with Crippen molar-refractivity contribution in [2.24, 2.45) is 5.10 Å². The number of thiophene rings is 1. The van der Waals surface area contributed by atoms with E-state index in [2.05, 4.69) is 15.1 Å². The second kappa shape index (κ2) is 7.20. The maximum Gasteiger partial charge on any atom is 0.253 e. The predicted octanol–water partition coefficient (Wildman–Crippen LogP) is 3.60. The first-order chi connectivity index (χ1) is 12.3. The molecule has 3 aromatic heterocycles. The molecule has 25 heavy (non-hydrogen) atoms. The van der Waals surface area contributed by atoms with Crippen LogP contribution in [0.2, 0.25) is 0 Å². The highest BCUT2D eigenvalue weighted by Crippen LogP contribution is 2.34. The van der Waals surface area contributed by atoms with Crippen LogP contribution >= 0.6 is 23.1 Å². The van der Waals surface area contributed by atoms with Crippen molar-refractivity contribution >= 4 is 34.7 Å². The largest absolute Gasteiger partial charge is 0.467 e. The van der Waals surface area contributed by atoms with Crippen molar-refractivity contribution in [2.75, 3.05) is 5.75 Å². The second-order valence-electron chi connectivity index (χ2n) is 5.32. The molecule has 6 nitrogen and oxygen atoms in total. The SMILES string of the molecule is O=C(CSc1ncccn1)N1N=C(c2cccs2)C[C@@H]1c1ccco1. The van der Waals surface area contributed by atoms with Gasteiger partial charge in [0.1, 0.15) is 11.8 Å². The van der Waals surface area contributed by atoms with Gasteiger partial charge in [0, 0.05) is 18.8 Å². The van der Waals surface area contributed by atoms with E-state index in [-0.39, 0.29) is 17.7 Å². The van der Waals surface area contributed by atoms with Gasteiger partial charge in [-0.15, -0.1) is 11.3 Å². The molecule has 1 aliphatic heterocycles. The molecule has 0 aliphatic carbocycles. The van der Waals surface area contributed by atoms with Crippen LogP contribution in [0.4, 0.5) is 0 Å². The van der Waals surface area contributed by atoms with Crippen molar-refractivity contribution in [1.29, 1.82) is 0 Å². The lowest BCUT2D eigenvalue weighted by Crippen LogP contribution is -2.28. The van der Waals surface area contributed by atoms with Gasteiger partial charge in [-0.2, -0.15) is 5.10 Å². The van der Waals surface area contributed by atoms with Crippen LogP contribution in [0, 0.1) is 0 Å². The molecule has 0 radical (unpaired) electrons. The number of amides is 1. The number of carbonyl (C=O) groups excluding carboxylic acids is 1. The highest BCUT2D eigenvalue weighted by atomic mass is 32.2. The number of carbonyl (C=O) groups is 1. The Balaban J connectivity index is 1.54. The van der Waals surface area contributed by atoms with Crippen molar-refractivity contribution in [3.8, 4) is 0 Å². The van der Waals surface area contributed by atoms with Crippen molar-refractivity contribution < 1.29 is 9.21 Å². The number of thioether (sulfide) groups is 1. The second-order valence-corrected chi connectivity index (χ2v) is 7.21. The average molecular weight is 370 g/mol. The Morgan fingerprint density at radius 1 is 1.28 bits per heavy atom. The fourth-order valence-corrected chi connectivity index (χ4v) is 3.96. The van der Waals surface area contributed by atoms with Crippen LogP contribution in [-0.2, 0) is 4.79 Å². The average Bonchev–Trinajstić information content (AvgIpc) is 3.40. The molecule has 0 saturated heterocycles. The van der Waals surface area contributed by atoms with Crippen molar-refractivity contribution in [3.63, 3.8) is 0 Å². The molecule has 0 fully saturated rings. The van der Waals surface area contributed by atoms with E-state index in [4.69, 9.17) is 4.42 Å². The van der Waals surface area contributed by atoms with E-state index in [0.717, 1.165) is 16.3 Å². The van der Waals surface area contributed by atoms with Gasteiger partial charge >= 0.3 is 0 Å². The monoisotopic (exact) mass is 370 g/mol. The van der Waals surface area contributed by atoms with Gasteiger partial charge in [-0.1, -0.05) is 17.8 Å². The number of nitrogens with zero attached hydrogens (tertiary/aromatic N) is 4. The zero-order valence-corrected chi connectivity index (χ0v) is 14.7. The Bertz CT molecular complexity index is 863. The van der Waals surface area contributed by atoms with Gasteiger partial charge in [0.15, 0.2) is 5.16 Å². The molecule has 4 heterocycles. The van der Waals surface area contributed by atoms with Crippen LogP contribution in [0.1, 0.15) is 23.1 Å². The van der Waals surface area contributed by atoms with Crippen LogP contribution in [0.3, 0.4) is 0 Å². The molecule has 3 aromatic rings. The molecule has 0 N–H and O–H groups in total. The third-order valence-electron chi connectivity index (χ3n) is 3.71. The summed E-state index contributed by atoms with van der Waals surface area (Å²) in [5, 5.41) is 8.69. The normalized spacial score (nSPS) is 16.9. The summed E-state index contributed by atoms with van der Waals surface area (Å²) in [5.41, 5.74) is 0.908. The lowest BCUT2D eigenvalue weighted by molar-refractivity contribution is -0.130. The summed E-state index contributed by atoms with van der Waals surface area (Å²) < 4.78 is 5.53. The molecule has 0 saturated carbocycles. The molecule has 0 aromatic carbocycles. The third-order valence-corrected chi connectivity index (χ3v) is 5.49. The van der Waals surface area contributed by atoms with Gasteiger partial charge in [-0.25, -0.2) is 15.0 Å². The van der Waals surface area contributed by atoms with E-state index in [9.17, 15) is 4.79 Å². The van der Waals surface area contributed by atoms with Crippen LogP contribution in [0.25, 0.3) is 0 Å². The van der Waals surface area contributed by atoms with E-state index in [1.54, 1.807) is 36.1 Å². The molecule has 126 valence electrons. The molecule has 0 bridgehead atoms. The topological polar surface area (TPSA) is 71.6 Å².